The van der Waals surface area contributed by atoms with Crippen molar-refractivity contribution >= 4 is 6.09 Å². The highest BCUT2D eigenvalue weighted by atomic mass is 19.1. The van der Waals surface area contributed by atoms with E-state index in [-0.39, 0.29) is 11.9 Å². The van der Waals surface area contributed by atoms with E-state index >= 15 is 0 Å². The number of rotatable bonds is 4. The number of alkyl carbamates (subject to hydrolysis) is 1. The van der Waals surface area contributed by atoms with Gasteiger partial charge in [0, 0.05) is 37.8 Å². The second-order valence-electron chi connectivity index (χ2n) is 8.79. The molecule has 0 saturated carbocycles. The van der Waals surface area contributed by atoms with Crippen LogP contribution in [0.3, 0.4) is 0 Å². The van der Waals surface area contributed by atoms with Crippen molar-refractivity contribution in [3.8, 4) is 0 Å². The Hall–Kier alpha value is -1.66. The Balaban J connectivity index is 1.57. The Labute approximate surface area is 161 Å². The van der Waals surface area contributed by atoms with Crippen molar-refractivity contribution in [2.24, 2.45) is 0 Å². The monoisotopic (exact) mass is 377 g/mol. The number of hydrogen-bond donors (Lipinski definition) is 1. The van der Waals surface area contributed by atoms with Gasteiger partial charge in [-0.25, -0.2) is 9.18 Å². The van der Waals surface area contributed by atoms with Crippen molar-refractivity contribution in [2.75, 3.05) is 26.2 Å². The van der Waals surface area contributed by atoms with Crippen molar-refractivity contribution in [1.82, 2.24) is 15.1 Å². The van der Waals surface area contributed by atoms with Crippen LogP contribution in [0.4, 0.5) is 9.18 Å². The van der Waals surface area contributed by atoms with Crippen LogP contribution < -0.4 is 5.32 Å². The number of benzene rings is 1. The fourth-order valence-corrected chi connectivity index (χ4v) is 3.97. The number of carbonyl (C=O) groups is 1. The second kappa shape index (κ2) is 8.15. The topological polar surface area (TPSA) is 44.8 Å². The largest absolute Gasteiger partial charge is 0.444 e. The molecule has 27 heavy (non-hydrogen) atoms. The van der Waals surface area contributed by atoms with Crippen molar-refractivity contribution in [3.63, 3.8) is 0 Å². The number of piperazine rings is 1. The Kier molecular flexibility index (Phi) is 6.06. The van der Waals surface area contributed by atoms with Gasteiger partial charge in [0.15, 0.2) is 0 Å². The van der Waals surface area contributed by atoms with Crippen LogP contribution in [0.5, 0.6) is 0 Å². The molecule has 150 valence electrons. The average molecular weight is 378 g/mol. The highest BCUT2D eigenvalue weighted by molar-refractivity contribution is 5.68. The lowest BCUT2D eigenvalue weighted by Crippen LogP contribution is -2.49. The van der Waals surface area contributed by atoms with Crippen molar-refractivity contribution < 1.29 is 13.9 Å². The quantitative estimate of drug-likeness (QED) is 0.869. The van der Waals surface area contributed by atoms with E-state index in [1.54, 1.807) is 0 Å². The van der Waals surface area contributed by atoms with Crippen LogP contribution in [0, 0.1) is 5.82 Å². The van der Waals surface area contributed by atoms with Gasteiger partial charge >= 0.3 is 6.09 Å². The molecule has 6 heteroatoms. The molecule has 5 nitrogen and oxygen atoms in total. The van der Waals surface area contributed by atoms with Gasteiger partial charge in [-0.3, -0.25) is 9.80 Å². The van der Waals surface area contributed by atoms with Gasteiger partial charge in [0.1, 0.15) is 11.4 Å². The molecule has 1 aromatic rings. The van der Waals surface area contributed by atoms with Gasteiger partial charge in [-0.15, -0.1) is 0 Å². The third-order valence-electron chi connectivity index (χ3n) is 5.38. The van der Waals surface area contributed by atoms with Crippen LogP contribution in [0.1, 0.15) is 57.7 Å². The lowest BCUT2D eigenvalue weighted by atomic mass is 10.0. The van der Waals surface area contributed by atoms with Crippen LogP contribution >= 0.6 is 0 Å². The summed E-state index contributed by atoms with van der Waals surface area (Å²) in [5.41, 5.74) is 0.903. The first-order valence-corrected chi connectivity index (χ1v) is 9.95. The van der Waals surface area contributed by atoms with Crippen LogP contribution in [-0.4, -0.2) is 53.7 Å². The van der Waals surface area contributed by atoms with Crippen molar-refractivity contribution in [3.05, 3.63) is 35.1 Å². The highest BCUT2D eigenvalue weighted by Crippen LogP contribution is 2.24. The fraction of sp³-hybridized carbons (Fsp3) is 0.667. The molecule has 2 heterocycles. The van der Waals surface area contributed by atoms with E-state index in [9.17, 15) is 9.18 Å². The van der Waals surface area contributed by atoms with Crippen LogP contribution in [0.2, 0.25) is 0 Å². The predicted octanol–water partition coefficient (Wildman–Crippen LogP) is 3.69. The van der Waals surface area contributed by atoms with Gasteiger partial charge in [-0.2, -0.15) is 0 Å². The molecular formula is C21H32FN3O2. The van der Waals surface area contributed by atoms with Gasteiger partial charge in [-0.1, -0.05) is 12.1 Å². The number of hydrogen-bond acceptors (Lipinski definition) is 4. The molecule has 0 aliphatic carbocycles. The summed E-state index contributed by atoms with van der Waals surface area (Å²) in [6.45, 7) is 12.2. The molecule has 2 unspecified atom stereocenters. The highest BCUT2D eigenvalue weighted by Gasteiger charge is 2.30. The maximum Gasteiger partial charge on any atom is 0.408 e. The van der Waals surface area contributed by atoms with E-state index in [0.29, 0.717) is 12.6 Å². The van der Waals surface area contributed by atoms with E-state index in [1.165, 1.54) is 25.5 Å². The molecule has 0 spiro atoms. The number of halogens is 1. The molecule has 1 N–H and O–H groups in total. The van der Waals surface area contributed by atoms with E-state index < -0.39 is 11.7 Å². The average Bonchev–Trinajstić information content (AvgIpc) is 3.02. The number of ether oxygens (including phenoxy) is 1. The van der Waals surface area contributed by atoms with Gasteiger partial charge in [-0.05, 0) is 58.7 Å². The summed E-state index contributed by atoms with van der Waals surface area (Å²) in [6, 6.07) is 5.60. The van der Waals surface area contributed by atoms with Gasteiger partial charge in [0.05, 0.1) is 6.04 Å². The molecule has 0 bridgehead atoms. The number of nitrogens with zero attached hydrogens (tertiary/aromatic N) is 2. The zero-order valence-electron chi connectivity index (χ0n) is 16.9. The first-order valence-electron chi connectivity index (χ1n) is 9.95. The smallest absolute Gasteiger partial charge is 0.408 e. The Morgan fingerprint density at radius 1 is 1.33 bits per heavy atom. The third kappa shape index (κ3) is 5.42. The van der Waals surface area contributed by atoms with Gasteiger partial charge in [0.2, 0.25) is 0 Å². The first kappa shape index (κ1) is 20.1. The second-order valence-corrected chi connectivity index (χ2v) is 8.79. The van der Waals surface area contributed by atoms with E-state index in [1.807, 2.05) is 39.8 Å². The van der Waals surface area contributed by atoms with Crippen LogP contribution in [0.15, 0.2) is 18.2 Å². The maximum absolute atomic E-state index is 14.7. The zero-order chi connectivity index (χ0) is 19.6. The standard InChI is InChI=1S/C21H32FN3O2/c1-15(23-20(26)27-21(2,3)4)16-7-8-17(19(22)12-16)13-24-10-11-25-9-5-6-18(25)14-24/h7-8,12,15,18H,5-6,9-11,13-14H2,1-4H3,(H,23,26). The Bertz CT molecular complexity index is 674. The molecule has 0 aromatic heterocycles. The summed E-state index contributed by atoms with van der Waals surface area (Å²) in [4.78, 5) is 16.8. The molecule has 2 aliphatic rings. The molecule has 0 radical (unpaired) electrons. The van der Waals surface area contributed by atoms with E-state index in [0.717, 1.165) is 30.8 Å². The molecule has 2 saturated heterocycles. The Morgan fingerprint density at radius 2 is 2.11 bits per heavy atom. The summed E-state index contributed by atoms with van der Waals surface area (Å²) >= 11 is 0. The van der Waals surface area contributed by atoms with Gasteiger partial charge in [0.25, 0.3) is 0 Å². The van der Waals surface area contributed by atoms with E-state index in [2.05, 4.69) is 15.1 Å². The predicted molar refractivity (Wildman–Crippen MR) is 104 cm³/mol. The SMILES string of the molecule is CC(NC(=O)OC(C)(C)C)c1ccc(CN2CCN3CCCC3C2)c(F)c1. The minimum atomic E-state index is -0.553. The van der Waals surface area contributed by atoms with Crippen LogP contribution in [0.25, 0.3) is 0 Å². The molecule has 3 rings (SSSR count). The van der Waals surface area contributed by atoms with Gasteiger partial charge < -0.3 is 10.1 Å². The lowest BCUT2D eigenvalue weighted by Gasteiger charge is -2.37. The lowest BCUT2D eigenvalue weighted by molar-refractivity contribution is 0.0508. The van der Waals surface area contributed by atoms with Crippen LogP contribution in [-0.2, 0) is 11.3 Å². The fourth-order valence-electron chi connectivity index (χ4n) is 3.97. The Morgan fingerprint density at radius 3 is 2.81 bits per heavy atom. The molecular weight excluding hydrogens is 345 g/mol. The molecule has 1 amide bonds. The molecule has 1 aromatic carbocycles. The first-order chi connectivity index (χ1) is 12.7. The molecule has 2 aliphatic heterocycles. The maximum atomic E-state index is 14.7. The third-order valence-corrected chi connectivity index (χ3v) is 5.38. The number of nitrogens with one attached hydrogen (secondary N) is 1. The summed E-state index contributed by atoms with van der Waals surface area (Å²) in [7, 11) is 0. The molecule has 2 fully saturated rings. The molecule has 2 atom stereocenters. The minimum absolute atomic E-state index is 0.209. The van der Waals surface area contributed by atoms with Crippen molar-refractivity contribution in [1.29, 1.82) is 0 Å². The summed E-state index contributed by atoms with van der Waals surface area (Å²) in [5.74, 6) is -0.209. The number of amides is 1. The number of carbonyl (C=O) groups excluding carboxylic acids is 1. The zero-order valence-corrected chi connectivity index (χ0v) is 16.9. The van der Waals surface area contributed by atoms with E-state index in [4.69, 9.17) is 4.74 Å². The summed E-state index contributed by atoms with van der Waals surface area (Å²) < 4.78 is 19.9. The minimum Gasteiger partial charge on any atom is -0.444 e. The number of fused-ring (bicyclic) bond motifs is 1. The normalized spacial score (nSPS) is 22.3. The van der Waals surface area contributed by atoms with Crippen molar-refractivity contribution in [2.45, 2.75) is 64.8 Å². The summed E-state index contributed by atoms with van der Waals surface area (Å²) in [6.07, 6.45) is 2.05. The summed E-state index contributed by atoms with van der Waals surface area (Å²) in [5, 5.41) is 2.76.